The van der Waals surface area contributed by atoms with Gasteiger partial charge in [0, 0.05) is 12.6 Å². The fourth-order valence-corrected chi connectivity index (χ4v) is 4.38. The quantitative estimate of drug-likeness (QED) is 0.781. The maximum Gasteiger partial charge on any atom is 0.161 e. The molecule has 1 saturated heterocycles. The van der Waals surface area contributed by atoms with Crippen LogP contribution in [0.1, 0.15) is 30.4 Å². The number of rotatable bonds is 5. The molecule has 0 spiro atoms. The summed E-state index contributed by atoms with van der Waals surface area (Å²) < 4.78 is 16.4. The van der Waals surface area contributed by atoms with Gasteiger partial charge in [-0.1, -0.05) is 18.2 Å². The molecular formula is C23H27NO3. The van der Waals surface area contributed by atoms with E-state index in [2.05, 4.69) is 35.2 Å². The van der Waals surface area contributed by atoms with E-state index in [0.29, 0.717) is 6.04 Å². The molecule has 1 fully saturated rings. The van der Waals surface area contributed by atoms with Crippen LogP contribution in [0.2, 0.25) is 0 Å². The summed E-state index contributed by atoms with van der Waals surface area (Å²) in [5.41, 5.74) is 5.26. The van der Waals surface area contributed by atoms with Crippen LogP contribution in [0.25, 0.3) is 11.1 Å². The molecule has 0 radical (unpaired) electrons. The van der Waals surface area contributed by atoms with Gasteiger partial charge in [0.25, 0.3) is 0 Å². The first-order chi connectivity index (χ1) is 13.2. The molecule has 1 atom stereocenters. The molecule has 142 valence electrons. The number of methoxy groups -OCH3 is 3. The van der Waals surface area contributed by atoms with Gasteiger partial charge in [-0.05, 0) is 72.3 Å². The molecule has 0 aliphatic carbocycles. The van der Waals surface area contributed by atoms with Gasteiger partial charge in [-0.2, -0.15) is 0 Å². The van der Waals surface area contributed by atoms with Crippen molar-refractivity contribution in [2.24, 2.45) is 0 Å². The molecule has 2 aromatic carbocycles. The lowest BCUT2D eigenvalue weighted by Gasteiger charge is -2.34. The van der Waals surface area contributed by atoms with Gasteiger partial charge in [-0.3, -0.25) is 4.90 Å². The second kappa shape index (κ2) is 7.65. The molecule has 2 aliphatic heterocycles. The van der Waals surface area contributed by atoms with Crippen molar-refractivity contribution in [1.29, 1.82) is 0 Å². The average Bonchev–Trinajstić information content (AvgIpc) is 3.20. The van der Waals surface area contributed by atoms with Gasteiger partial charge in [0.2, 0.25) is 0 Å². The molecule has 2 heterocycles. The van der Waals surface area contributed by atoms with Crippen molar-refractivity contribution in [1.82, 2.24) is 4.90 Å². The molecule has 27 heavy (non-hydrogen) atoms. The first-order valence-corrected chi connectivity index (χ1v) is 9.56. The monoisotopic (exact) mass is 365 g/mol. The SMILES string of the molecule is COc1cccc(C2=C(c3ccc(OC)c(OC)c3)CN3CCCC3C2)c1. The fourth-order valence-electron chi connectivity index (χ4n) is 4.38. The zero-order valence-electron chi connectivity index (χ0n) is 16.3. The highest BCUT2D eigenvalue weighted by atomic mass is 16.5. The van der Waals surface area contributed by atoms with E-state index in [0.717, 1.165) is 30.2 Å². The van der Waals surface area contributed by atoms with Crippen LogP contribution in [-0.4, -0.2) is 45.4 Å². The highest BCUT2D eigenvalue weighted by Crippen LogP contribution is 2.42. The Balaban J connectivity index is 1.83. The van der Waals surface area contributed by atoms with Gasteiger partial charge in [0.15, 0.2) is 11.5 Å². The maximum atomic E-state index is 5.55. The van der Waals surface area contributed by atoms with Crippen LogP contribution in [0.4, 0.5) is 0 Å². The number of nitrogens with zero attached hydrogens (tertiary/aromatic N) is 1. The van der Waals surface area contributed by atoms with Gasteiger partial charge in [0.05, 0.1) is 21.3 Å². The number of fused-ring (bicyclic) bond motifs is 1. The van der Waals surface area contributed by atoms with Crippen LogP contribution in [0, 0.1) is 0 Å². The summed E-state index contributed by atoms with van der Waals surface area (Å²) in [6, 6.07) is 15.3. The summed E-state index contributed by atoms with van der Waals surface area (Å²) in [6.45, 7) is 2.17. The molecular weight excluding hydrogens is 338 g/mol. The Morgan fingerprint density at radius 3 is 2.44 bits per heavy atom. The molecule has 0 saturated carbocycles. The van der Waals surface area contributed by atoms with Crippen molar-refractivity contribution in [2.45, 2.75) is 25.3 Å². The zero-order valence-corrected chi connectivity index (χ0v) is 16.3. The number of hydrogen-bond acceptors (Lipinski definition) is 4. The minimum Gasteiger partial charge on any atom is -0.497 e. The van der Waals surface area contributed by atoms with Gasteiger partial charge in [-0.15, -0.1) is 0 Å². The highest BCUT2D eigenvalue weighted by molar-refractivity contribution is 5.93. The van der Waals surface area contributed by atoms with Crippen LogP contribution >= 0.6 is 0 Å². The van der Waals surface area contributed by atoms with Crippen LogP contribution < -0.4 is 14.2 Å². The third-order valence-electron chi connectivity index (χ3n) is 5.81. The van der Waals surface area contributed by atoms with Crippen molar-refractivity contribution >= 4 is 11.1 Å². The van der Waals surface area contributed by atoms with Crippen LogP contribution in [0.3, 0.4) is 0 Å². The highest BCUT2D eigenvalue weighted by Gasteiger charge is 2.32. The molecule has 0 N–H and O–H groups in total. The Labute approximate surface area is 161 Å². The Hall–Kier alpha value is -2.46. The fraction of sp³-hybridized carbons (Fsp3) is 0.391. The van der Waals surface area contributed by atoms with E-state index in [1.54, 1.807) is 21.3 Å². The van der Waals surface area contributed by atoms with Crippen molar-refractivity contribution in [3.63, 3.8) is 0 Å². The molecule has 0 bridgehead atoms. The molecule has 4 heteroatoms. The normalized spacial score (nSPS) is 19.7. The van der Waals surface area contributed by atoms with Crippen LogP contribution in [0.15, 0.2) is 42.5 Å². The standard InChI is InChI=1S/C23H27NO3/c1-25-19-8-4-6-16(12-19)20-14-18-7-5-11-24(18)15-21(20)17-9-10-22(26-2)23(13-17)27-3/h4,6,8-10,12-13,18H,5,7,11,14-15H2,1-3H3. The zero-order chi connectivity index (χ0) is 18.8. The molecule has 2 aliphatic rings. The summed E-state index contributed by atoms with van der Waals surface area (Å²) in [4.78, 5) is 2.62. The third kappa shape index (κ3) is 3.42. The minimum absolute atomic E-state index is 0.648. The molecule has 4 rings (SSSR count). The van der Waals surface area contributed by atoms with Gasteiger partial charge < -0.3 is 14.2 Å². The largest absolute Gasteiger partial charge is 0.497 e. The summed E-state index contributed by atoms with van der Waals surface area (Å²) in [5.74, 6) is 2.44. The minimum atomic E-state index is 0.648. The molecule has 0 aromatic heterocycles. The second-order valence-electron chi connectivity index (χ2n) is 7.23. The second-order valence-corrected chi connectivity index (χ2v) is 7.23. The van der Waals surface area contributed by atoms with Crippen molar-refractivity contribution < 1.29 is 14.2 Å². The van der Waals surface area contributed by atoms with Gasteiger partial charge >= 0.3 is 0 Å². The lowest BCUT2D eigenvalue weighted by molar-refractivity contribution is 0.280. The third-order valence-corrected chi connectivity index (χ3v) is 5.81. The average molecular weight is 365 g/mol. The summed E-state index contributed by atoms with van der Waals surface area (Å²) in [6.07, 6.45) is 3.65. The molecule has 2 aromatic rings. The molecule has 4 nitrogen and oxygen atoms in total. The Bertz CT molecular complexity index is 858. The lowest BCUT2D eigenvalue weighted by atomic mass is 9.86. The topological polar surface area (TPSA) is 30.9 Å². The summed E-state index contributed by atoms with van der Waals surface area (Å²) in [7, 11) is 5.09. The van der Waals surface area contributed by atoms with Crippen LogP contribution in [0.5, 0.6) is 17.2 Å². The Kier molecular flexibility index (Phi) is 5.08. The number of benzene rings is 2. The first kappa shape index (κ1) is 17.9. The lowest BCUT2D eigenvalue weighted by Crippen LogP contribution is -2.35. The summed E-state index contributed by atoms with van der Waals surface area (Å²) in [5, 5.41) is 0. The molecule has 1 unspecified atom stereocenters. The number of ether oxygens (including phenoxy) is 3. The van der Waals surface area contributed by atoms with Crippen LogP contribution in [-0.2, 0) is 0 Å². The Morgan fingerprint density at radius 1 is 0.852 bits per heavy atom. The predicted molar refractivity (Wildman–Crippen MR) is 109 cm³/mol. The van der Waals surface area contributed by atoms with E-state index in [9.17, 15) is 0 Å². The van der Waals surface area contributed by atoms with Crippen molar-refractivity contribution in [3.8, 4) is 17.2 Å². The smallest absolute Gasteiger partial charge is 0.161 e. The number of hydrogen-bond donors (Lipinski definition) is 0. The van der Waals surface area contributed by atoms with Gasteiger partial charge in [-0.25, -0.2) is 0 Å². The van der Waals surface area contributed by atoms with E-state index in [1.807, 2.05) is 12.1 Å². The van der Waals surface area contributed by atoms with E-state index in [1.165, 1.54) is 41.7 Å². The van der Waals surface area contributed by atoms with Crippen molar-refractivity contribution in [2.75, 3.05) is 34.4 Å². The molecule has 0 amide bonds. The summed E-state index contributed by atoms with van der Waals surface area (Å²) >= 11 is 0. The van der Waals surface area contributed by atoms with E-state index < -0.39 is 0 Å². The first-order valence-electron chi connectivity index (χ1n) is 9.56. The maximum absolute atomic E-state index is 5.55. The predicted octanol–water partition coefficient (Wildman–Crippen LogP) is 4.49. The van der Waals surface area contributed by atoms with E-state index >= 15 is 0 Å². The van der Waals surface area contributed by atoms with E-state index in [-0.39, 0.29) is 0 Å². The van der Waals surface area contributed by atoms with E-state index in [4.69, 9.17) is 14.2 Å². The van der Waals surface area contributed by atoms with Crippen molar-refractivity contribution in [3.05, 3.63) is 53.6 Å². The van der Waals surface area contributed by atoms with Gasteiger partial charge in [0.1, 0.15) is 5.75 Å². The Morgan fingerprint density at radius 2 is 1.67 bits per heavy atom.